The zero-order chi connectivity index (χ0) is 23.8. The summed E-state index contributed by atoms with van der Waals surface area (Å²) in [6, 6.07) is 4.01. The summed E-state index contributed by atoms with van der Waals surface area (Å²) >= 11 is 0. The lowest BCUT2D eigenvalue weighted by Gasteiger charge is -2.23. The molecule has 1 N–H and O–H groups in total. The quantitative estimate of drug-likeness (QED) is 0.753. The first-order valence-electron chi connectivity index (χ1n) is 10.2. The molecule has 0 aliphatic carbocycles. The molecule has 174 valence electrons. The van der Waals surface area contributed by atoms with Crippen LogP contribution in [0.15, 0.2) is 41.8 Å². The molecule has 3 amide bonds. The lowest BCUT2D eigenvalue weighted by molar-refractivity contribution is -0.141. The molecule has 4 rings (SSSR count). The Labute approximate surface area is 187 Å². The van der Waals surface area contributed by atoms with Crippen molar-refractivity contribution in [3.05, 3.63) is 59.2 Å². The predicted molar refractivity (Wildman–Crippen MR) is 110 cm³/mol. The number of alkyl halides is 3. The molecule has 2 aliphatic rings. The Hall–Kier alpha value is -3.70. The van der Waals surface area contributed by atoms with Crippen LogP contribution in [0.25, 0.3) is 0 Å². The summed E-state index contributed by atoms with van der Waals surface area (Å²) in [5.74, 6) is 0. The number of hydrogen-bond acceptors (Lipinski definition) is 6. The molecule has 2 aliphatic heterocycles. The molecular weight excluding hydrogens is 441 g/mol. The van der Waals surface area contributed by atoms with Crippen molar-refractivity contribution in [2.45, 2.75) is 32.1 Å². The average molecular weight is 462 g/mol. The van der Waals surface area contributed by atoms with Crippen LogP contribution < -0.4 is 5.32 Å². The van der Waals surface area contributed by atoms with E-state index in [2.05, 4.69) is 20.4 Å². The third kappa shape index (κ3) is 4.73. The Bertz CT molecular complexity index is 1070. The largest absolute Gasteiger partial charge is 0.448 e. The van der Waals surface area contributed by atoms with Crippen LogP contribution in [-0.4, -0.2) is 63.5 Å². The fraction of sp³-hybridized carbons (Fsp3) is 0.381. The number of rotatable bonds is 4. The van der Waals surface area contributed by atoms with E-state index in [4.69, 9.17) is 4.74 Å². The number of hydrogen-bond donors (Lipinski definition) is 1. The number of nitrogens with zero attached hydrogens (tertiary/aromatic N) is 5. The number of halogens is 3. The standard InChI is InChI=1S/C21H21F3N6O3/c1-12-3-5-15(25-9-12)18-16(29-7-8-33-20(29)32)11-30(28-18)19(31)27-13(2)14-4-6-17(26-10-14)21(22,23)24/h3-6,9-10,13,16H,7-8,11H2,1-2H3,(H,27,31)/t13?,16-/m0/s1. The Morgan fingerprint density at radius 1 is 1.21 bits per heavy atom. The zero-order valence-electron chi connectivity index (χ0n) is 17.8. The van der Waals surface area contributed by atoms with Gasteiger partial charge >= 0.3 is 18.3 Å². The minimum Gasteiger partial charge on any atom is -0.448 e. The monoisotopic (exact) mass is 462 g/mol. The molecule has 1 fully saturated rings. The van der Waals surface area contributed by atoms with E-state index in [1.807, 2.05) is 13.0 Å². The first kappa shape index (κ1) is 22.5. The molecular formula is C21H21F3N6O3. The summed E-state index contributed by atoms with van der Waals surface area (Å²) in [6.45, 7) is 4.20. The Morgan fingerprint density at radius 2 is 2.00 bits per heavy atom. The summed E-state index contributed by atoms with van der Waals surface area (Å²) < 4.78 is 43.2. The average Bonchev–Trinajstić information content (AvgIpc) is 3.40. The van der Waals surface area contributed by atoms with Crippen LogP contribution in [0.3, 0.4) is 0 Å². The van der Waals surface area contributed by atoms with Gasteiger partial charge in [0.1, 0.15) is 24.1 Å². The van der Waals surface area contributed by atoms with Crippen LogP contribution in [0, 0.1) is 6.92 Å². The summed E-state index contributed by atoms with van der Waals surface area (Å²) in [5.41, 5.74) is 1.32. The molecule has 9 nitrogen and oxygen atoms in total. The lowest BCUT2D eigenvalue weighted by Crippen LogP contribution is -2.46. The van der Waals surface area contributed by atoms with Gasteiger partial charge < -0.3 is 10.1 Å². The van der Waals surface area contributed by atoms with E-state index in [9.17, 15) is 22.8 Å². The smallest absolute Gasteiger partial charge is 0.433 e. The first-order chi connectivity index (χ1) is 15.6. The van der Waals surface area contributed by atoms with Gasteiger partial charge in [0, 0.05) is 12.4 Å². The SMILES string of the molecule is Cc1ccc(C2=NN(C(=O)NC(C)c3ccc(C(F)(F)F)nc3)C[C@@H]2N2CCOC2=O)nc1. The van der Waals surface area contributed by atoms with Crippen molar-refractivity contribution in [2.75, 3.05) is 19.7 Å². The minimum absolute atomic E-state index is 0.0871. The van der Waals surface area contributed by atoms with Crippen LogP contribution in [0.1, 0.15) is 35.5 Å². The summed E-state index contributed by atoms with van der Waals surface area (Å²) in [4.78, 5) is 34.3. The number of hydrazone groups is 1. The summed E-state index contributed by atoms with van der Waals surface area (Å²) in [7, 11) is 0. The van der Waals surface area contributed by atoms with Crippen molar-refractivity contribution in [2.24, 2.45) is 5.10 Å². The van der Waals surface area contributed by atoms with Gasteiger partial charge in [0.2, 0.25) is 0 Å². The van der Waals surface area contributed by atoms with Gasteiger partial charge in [-0.3, -0.25) is 14.9 Å². The van der Waals surface area contributed by atoms with Gasteiger partial charge in [-0.1, -0.05) is 12.1 Å². The molecule has 0 aromatic carbocycles. The summed E-state index contributed by atoms with van der Waals surface area (Å²) in [6.07, 6.45) is -2.29. The molecule has 33 heavy (non-hydrogen) atoms. The van der Waals surface area contributed by atoms with E-state index in [0.717, 1.165) is 17.8 Å². The van der Waals surface area contributed by atoms with E-state index in [-0.39, 0.29) is 13.2 Å². The number of ether oxygens (including phenoxy) is 1. The number of cyclic esters (lactones) is 1. The normalized spacial score (nSPS) is 19.4. The number of carbonyl (C=O) groups excluding carboxylic acids is 2. The second kappa shape index (κ2) is 8.68. The molecule has 0 spiro atoms. The van der Waals surface area contributed by atoms with Gasteiger partial charge in [-0.25, -0.2) is 14.6 Å². The molecule has 0 radical (unpaired) electrons. The molecule has 1 unspecified atom stereocenters. The van der Waals surface area contributed by atoms with Crippen LogP contribution in [0.4, 0.5) is 22.8 Å². The highest BCUT2D eigenvalue weighted by Crippen LogP contribution is 2.28. The fourth-order valence-electron chi connectivity index (χ4n) is 3.56. The van der Waals surface area contributed by atoms with Gasteiger partial charge in [0.05, 0.1) is 24.8 Å². The van der Waals surface area contributed by atoms with E-state index >= 15 is 0 Å². The van der Waals surface area contributed by atoms with Gasteiger partial charge in [0.15, 0.2) is 0 Å². The Morgan fingerprint density at radius 3 is 2.58 bits per heavy atom. The molecule has 12 heteroatoms. The molecule has 0 bridgehead atoms. The third-order valence-corrected chi connectivity index (χ3v) is 5.38. The van der Waals surface area contributed by atoms with E-state index in [1.54, 1.807) is 19.2 Å². The van der Waals surface area contributed by atoms with Crippen molar-refractivity contribution >= 4 is 17.8 Å². The fourth-order valence-corrected chi connectivity index (χ4v) is 3.56. The number of nitrogens with one attached hydrogen (secondary N) is 1. The van der Waals surface area contributed by atoms with E-state index in [0.29, 0.717) is 23.5 Å². The Balaban J connectivity index is 1.52. The minimum atomic E-state index is -4.54. The number of urea groups is 1. The maximum absolute atomic E-state index is 12.9. The highest BCUT2D eigenvalue weighted by molar-refractivity contribution is 6.06. The third-order valence-electron chi connectivity index (χ3n) is 5.38. The Kier molecular flexibility index (Phi) is 5.91. The van der Waals surface area contributed by atoms with Crippen LogP contribution in [0.5, 0.6) is 0 Å². The van der Waals surface area contributed by atoms with Gasteiger partial charge in [-0.2, -0.15) is 18.3 Å². The second-order valence-electron chi connectivity index (χ2n) is 7.76. The maximum Gasteiger partial charge on any atom is 0.433 e. The highest BCUT2D eigenvalue weighted by Gasteiger charge is 2.41. The number of pyridine rings is 2. The van der Waals surface area contributed by atoms with Crippen LogP contribution in [0.2, 0.25) is 0 Å². The molecule has 4 heterocycles. The number of carbonyl (C=O) groups is 2. The molecule has 1 saturated heterocycles. The molecule has 2 atom stereocenters. The lowest BCUT2D eigenvalue weighted by atomic mass is 10.1. The van der Waals surface area contributed by atoms with Crippen molar-refractivity contribution < 1.29 is 27.5 Å². The highest BCUT2D eigenvalue weighted by atomic mass is 19.4. The zero-order valence-corrected chi connectivity index (χ0v) is 17.8. The van der Waals surface area contributed by atoms with Crippen LogP contribution >= 0.6 is 0 Å². The van der Waals surface area contributed by atoms with Crippen molar-refractivity contribution in [3.8, 4) is 0 Å². The second-order valence-corrected chi connectivity index (χ2v) is 7.76. The molecule has 2 aromatic heterocycles. The van der Waals surface area contributed by atoms with Crippen LogP contribution in [-0.2, 0) is 10.9 Å². The molecule has 0 saturated carbocycles. The van der Waals surface area contributed by atoms with Crippen molar-refractivity contribution in [1.29, 1.82) is 0 Å². The maximum atomic E-state index is 12.9. The topological polar surface area (TPSA) is 100 Å². The van der Waals surface area contributed by atoms with Gasteiger partial charge in [-0.05, 0) is 37.1 Å². The number of aryl methyl sites for hydroxylation is 1. The number of aromatic nitrogens is 2. The van der Waals surface area contributed by atoms with Gasteiger partial charge in [-0.15, -0.1) is 0 Å². The number of amides is 3. The van der Waals surface area contributed by atoms with E-state index < -0.39 is 36.1 Å². The summed E-state index contributed by atoms with van der Waals surface area (Å²) in [5, 5.41) is 8.29. The van der Waals surface area contributed by atoms with Gasteiger partial charge in [0.25, 0.3) is 0 Å². The van der Waals surface area contributed by atoms with Crippen molar-refractivity contribution in [1.82, 2.24) is 25.2 Å². The predicted octanol–water partition coefficient (Wildman–Crippen LogP) is 3.12. The molecule has 2 aromatic rings. The first-order valence-corrected chi connectivity index (χ1v) is 10.2. The van der Waals surface area contributed by atoms with Crippen molar-refractivity contribution in [3.63, 3.8) is 0 Å². The van der Waals surface area contributed by atoms with E-state index in [1.165, 1.54) is 16.0 Å².